The van der Waals surface area contributed by atoms with Crippen molar-refractivity contribution in [3.63, 3.8) is 0 Å². The second-order valence-corrected chi connectivity index (χ2v) is 5.53. The second-order valence-electron chi connectivity index (χ2n) is 5.53. The van der Waals surface area contributed by atoms with Crippen molar-refractivity contribution in [3.8, 4) is 11.5 Å². The summed E-state index contributed by atoms with van der Waals surface area (Å²) >= 11 is 0. The lowest BCUT2D eigenvalue weighted by molar-refractivity contribution is 0.174. The molecule has 3 heteroatoms. The SMILES string of the molecule is Cc1cccc(CCNC(C)c2ccc3c(c2)OCO3)c1. The summed E-state index contributed by atoms with van der Waals surface area (Å²) in [5.41, 5.74) is 3.92. The van der Waals surface area contributed by atoms with Gasteiger partial charge in [0.2, 0.25) is 6.79 Å². The summed E-state index contributed by atoms with van der Waals surface area (Å²) in [4.78, 5) is 0. The van der Waals surface area contributed by atoms with Gasteiger partial charge in [0.25, 0.3) is 0 Å². The van der Waals surface area contributed by atoms with Crippen molar-refractivity contribution in [2.45, 2.75) is 26.3 Å². The molecule has 0 amide bonds. The van der Waals surface area contributed by atoms with Crippen molar-refractivity contribution in [1.29, 1.82) is 0 Å². The Balaban J connectivity index is 1.55. The van der Waals surface area contributed by atoms with Crippen LogP contribution in [0.5, 0.6) is 11.5 Å². The van der Waals surface area contributed by atoms with Crippen LogP contribution >= 0.6 is 0 Å². The van der Waals surface area contributed by atoms with Crippen LogP contribution in [-0.4, -0.2) is 13.3 Å². The number of rotatable bonds is 5. The van der Waals surface area contributed by atoms with E-state index in [9.17, 15) is 0 Å². The van der Waals surface area contributed by atoms with E-state index in [0.717, 1.165) is 24.5 Å². The Bertz CT molecular complexity index is 624. The fraction of sp³-hybridized carbons (Fsp3) is 0.333. The Morgan fingerprint density at radius 3 is 2.81 bits per heavy atom. The number of hydrogen-bond acceptors (Lipinski definition) is 3. The molecular formula is C18H21NO2. The minimum absolute atomic E-state index is 0.296. The molecular weight excluding hydrogens is 262 g/mol. The molecule has 2 aromatic rings. The van der Waals surface area contributed by atoms with E-state index in [1.54, 1.807) is 0 Å². The highest BCUT2D eigenvalue weighted by molar-refractivity contribution is 5.45. The third-order valence-electron chi connectivity index (χ3n) is 3.84. The summed E-state index contributed by atoms with van der Waals surface area (Å²) in [6.45, 7) is 5.59. The quantitative estimate of drug-likeness (QED) is 0.909. The minimum Gasteiger partial charge on any atom is -0.454 e. The van der Waals surface area contributed by atoms with Gasteiger partial charge >= 0.3 is 0 Å². The standard InChI is InChI=1S/C18H21NO2/c1-13-4-3-5-15(10-13)8-9-19-14(2)16-6-7-17-18(11-16)21-12-20-17/h3-7,10-11,14,19H,8-9,12H2,1-2H3. The fourth-order valence-corrected chi connectivity index (χ4v) is 2.60. The molecule has 2 aromatic carbocycles. The van der Waals surface area contributed by atoms with E-state index in [2.05, 4.69) is 55.6 Å². The molecule has 1 aliphatic heterocycles. The zero-order chi connectivity index (χ0) is 14.7. The Kier molecular flexibility index (Phi) is 4.11. The summed E-state index contributed by atoms with van der Waals surface area (Å²) in [7, 11) is 0. The number of nitrogens with one attached hydrogen (secondary N) is 1. The van der Waals surface area contributed by atoms with Gasteiger partial charge in [-0.3, -0.25) is 0 Å². The summed E-state index contributed by atoms with van der Waals surface area (Å²) < 4.78 is 10.8. The molecule has 0 aromatic heterocycles. The van der Waals surface area contributed by atoms with Gasteiger partial charge in [-0.1, -0.05) is 35.9 Å². The molecule has 1 unspecified atom stereocenters. The number of benzene rings is 2. The van der Waals surface area contributed by atoms with E-state index in [1.165, 1.54) is 16.7 Å². The van der Waals surface area contributed by atoms with E-state index >= 15 is 0 Å². The molecule has 0 spiro atoms. The van der Waals surface area contributed by atoms with Gasteiger partial charge in [-0.25, -0.2) is 0 Å². The van der Waals surface area contributed by atoms with E-state index in [0.29, 0.717) is 12.8 Å². The number of hydrogen-bond donors (Lipinski definition) is 1. The minimum atomic E-state index is 0.296. The number of ether oxygens (including phenoxy) is 2. The molecule has 1 N–H and O–H groups in total. The van der Waals surface area contributed by atoms with Crippen LogP contribution in [0.25, 0.3) is 0 Å². The van der Waals surface area contributed by atoms with Gasteiger partial charge in [0.1, 0.15) is 0 Å². The van der Waals surface area contributed by atoms with Crippen molar-refractivity contribution in [2.75, 3.05) is 13.3 Å². The van der Waals surface area contributed by atoms with Gasteiger partial charge in [0.15, 0.2) is 11.5 Å². The van der Waals surface area contributed by atoms with Gasteiger partial charge in [0.05, 0.1) is 0 Å². The van der Waals surface area contributed by atoms with Gasteiger partial charge in [-0.05, 0) is 50.1 Å². The molecule has 1 aliphatic rings. The maximum Gasteiger partial charge on any atom is 0.231 e. The summed E-state index contributed by atoms with van der Waals surface area (Å²) in [6.07, 6.45) is 1.04. The van der Waals surface area contributed by atoms with Crippen molar-refractivity contribution in [3.05, 3.63) is 59.2 Å². The van der Waals surface area contributed by atoms with E-state index in [-0.39, 0.29) is 0 Å². The van der Waals surface area contributed by atoms with Gasteiger partial charge in [0, 0.05) is 6.04 Å². The molecule has 0 bridgehead atoms. The molecule has 0 aliphatic carbocycles. The van der Waals surface area contributed by atoms with Crippen molar-refractivity contribution >= 4 is 0 Å². The lowest BCUT2D eigenvalue weighted by atomic mass is 10.1. The predicted octanol–water partition coefficient (Wildman–Crippen LogP) is 3.62. The van der Waals surface area contributed by atoms with Crippen molar-refractivity contribution in [1.82, 2.24) is 5.32 Å². The Labute approximate surface area is 125 Å². The molecule has 110 valence electrons. The molecule has 0 saturated heterocycles. The first kappa shape index (κ1) is 14.0. The number of fused-ring (bicyclic) bond motifs is 1. The molecule has 0 saturated carbocycles. The van der Waals surface area contributed by atoms with Crippen molar-refractivity contribution in [2.24, 2.45) is 0 Å². The molecule has 3 nitrogen and oxygen atoms in total. The maximum atomic E-state index is 5.43. The molecule has 21 heavy (non-hydrogen) atoms. The molecule has 1 heterocycles. The van der Waals surface area contributed by atoms with Gasteiger partial charge in [-0.15, -0.1) is 0 Å². The smallest absolute Gasteiger partial charge is 0.231 e. The first-order valence-corrected chi connectivity index (χ1v) is 7.41. The summed E-state index contributed by atoms with van der Waals surface area (Å²) in [5.74, 6) is 1.69. The summed E-state index contributed by atoms with van der Waals surface area (Å²) in [6, 6.07) is 15.1. The lowest BCUT2D eigenvalue weighted by Gasteiger charge is -2.15. The highest BCUT2D eigenvalue weighted by Crippen LogP contribution is 2.34. The van der Waals surface area contributed by atoms with E-state index in [4.69, 9.17) is 9.47 Å². The van der Waals surface area contributed by atoms with Crippen LogP contribution in [0.1, 0.15) is 29.7 Å². The highest BCUT2D eigenvalue weighted by atomic mass is 16.7. The molecule has 0 radical (unpaired) electrons. The van der Waals surface area contributed by atoms with Crippen LogP contribution in [0, 0.1) is 6.92 Å². The second kappa shape index (κ2) is 6.19. The first-order chi connectivity index (χ1) is 10.2. The van der Waals surface area contributed by atoms with E-state index < -0.39 is 0 Å². The van der Waals surface area contributed by atoms with Crippen molar-refractivity contribution < 1.29 is 9.47 Å². The van der Waals surface area contributed by atoms with Crippen LogP contribution in [0.4, 0.5) is 0 Å². The fourth-order valence-electron chi connectivity index (χ4n) is 2.60. The van der Waals surface area contributed by atoms with Gasteiger partial charge in [-0.2, -0.15) is 0 Å². The predicted molar refractivity (Wildman–Crippen MR) is 83.9 cm³/mol. The molecule has 1 atom stereocenters. The molecule has 0 fully saturated rings. The van der Waals surface area contributed by atoms with Crippen LogP contribution in [-0.2, 0) is 6.42 Å². The lowest BCUT2D eigenvalue weighted by Crippen LogP contribution is -2.21. The van der Waals surface area contributed by atoms with Crippen LogP contribution in [0.15, 0.2) is 42.5 Å². The average Bonchev–Trinajstić information content (AvgIpc) is 2.94. The number of aryl methyl sites for hydroxylation is 1. The third kappa shape index (κ3) is 3.37. The van der Waals surface area contributed by atoms with Crippen LogP contribution < -0.4 is 14.8 Å². The van der Waals surface area contributed by atoms with E-state index in [1.807, 2.05) is 6.07 Å². The zero-order valence-electron chi connectivity index (χ0n) is 12.6. The van der Waals surface area contributed by atoms with Crippen LogP contribution in [0.2, 0.25) is 0 Å². The summed E-state index contributed by atoms with van der Waals surface area (Å²) in [5, 5.41) is 3.56. The first-order valence-electron chi connectivity index (χ1n) is 7.41. The van der Waals surface area contributed by atoms with Gasteiger partial charge < -0.3 is 14.8 Å². The zero-order valence-corrected chi connectivity index (χ0v) is 12.6. The monoisotopic (exact) mass is 283 g/mol. The Morgan fingerprint density at radius 2 is 1.95 bits per heavy atom. The largest absolute Gasteiger partial charge is 0.454 e. The topological polar surface area (TPSA) is 30.5 Å². The third-order valence-corrected chi connectivity index (χ3v) is 3.84. The average molecular weight is 283 g/mol. The van der Waals surface area contributed by atoms with Crippen LogP contribution in [0.3, 0.4) is 0 Å². The molecule has 3 rings (SSSR count). The Morgan fingerprint density at radius 1 is 1.10 bits per heavy atom. The maximum absolute atomic E-state index is 5.43. The highest BCUT2D eigenvalue weighted by Gasteiger charge is 2.15. The Hall–Kier alpha value is -2.00. The normalized spacial score (nSPS) is 14.2.